The SMILES string of the molecule is CC(C)NCc1csc(-c2ccccc2Br)n1. The Morgan fingerprint density at radius 2 is 2.12 bits per heavy atom. The summed E-state index contributed by atoms with van der Waals surface area (Å²) in [6, 6.07) is 8.67. The van der Waals surface area contributed by atoms with Crippen LogP contribution in [0.4, 0.5) is 0 Å². The van der Waals surface area contributed by atoms with E-state index in [-0.39, 0.29) is 0 Å². The summed E-state index contributed by atoms with van der Waals surface area (Å²) in [5.74, 6) is 0. The van der Waals surface area contributed by atoms with Gasteiger partial charge in [-0.1, -0.05) is 48.0 Å². The van der Waals surface area contributed by atoms with Crippen molar-refractivity contribution in [2.24, 2.45) is 0 Å². The number of thiazole rings is 1. The van der Waals surface area contributed by atoms with Crippen LogP contribution in [-0.2, 0) is 6.54 Å². The molecule has 0 saturated carbocycles. The molecule has 0 spiro atoms. The zero-order valence-electron chi connectivity index (χ0n) is 9.90. The molecule has 2 rings (SSSR count). The van der Waals surface area contributed by atoms with Crippen LogP contribution in [0.3, 0.4) is 0 Å². The first kappa shape index (κ1) is 12.7. The summed E-state index contributed by atoms with van der Waals surface area (Å²) in [7, 11) is 0. The molecule has 0 bridgehead atoms. The van der Waals surface area contributed by atoms with Crippen LogP contribution in [0.25, 0.3) is 10.6 Å². The van der Waals surface area contributed by atoms with Crippen LogP contribution in [0.15, 0.2) is 34.1 Å². The van der Waals surface area contributed by atoms with E-state index in [4.69, 9.17) is 0 Å². The molecular formula is C13H15BrN2S. The van der Waals surface area contributed by atoms with Gasteiger partial charge in [-0.15, -0.1) is 11.3 Å². The number of hydrogen-bond acceptors (Lipinski definition) is 3. The highest BCUT2D eigenvalue weighted by Crippen LogP contribution is 2.30. The van der Waals surface area contributed by atoms with Crippen molar-refractivity contribution >= 4 is 27.3 Å². The summed E-state index contributed by atoms with van der Waals surface area (Å²) >= 11 is 5.24. The van der Waals surface area contributed by atoms with Gasteiger partial charge in [0, 0.05) is 28.0 Å². The molecule has 1 aromatic heterocycles. The molecule has 0 radical (unpaired) electrons. The lowest BCUT2D eigenvalue weighted by Gasteiger charge is -2.04. The van der Waals surface area contributed by atoms with Gasteiger partial charge in [-0.3, -0.25) is 0 Å². The fourth-order valence-electron chi connectivity index (χ4n) is 1.46. The van der Waals surface area contributed by atoms with Crippen molar-refractivity contribution in [2.75, 3.05) is 0 Å². The normalized spacial score (nSPS) is 11.1. The highest BCUT2D eigenvalue weighted by atomic mass is 79.9. The zero-order chi connectivity index (χ0) is 12.3. The van der Waals surface area contributed by atoms with Crippen molar-refractivity contribution < 1.29 is 0 Å². The van der Waals surface area contributed by atoms with Gasteiger partial charge in [-0.05, 0) is 6.07 Å². The van der Waals surface area contributed by atoms with Crippen LogP contribution in [0.5, 0.6) is 0 Å². The number of halogens is 1. The smallest absolute Gasteiger partial charge is 0.124 e. The molecule has 1 N–H and O–H groups in total. The lowest BCUT2D eigenvalue weighted by molar-refractivity contribution is 0.583. The van der Waals surface area contributed by atoms with E-state index in [0.717, 1.165) is 27.3 Å². The van der Waals surface area contributed by atoms with Gasteiger partial charge < -0.3 is 5.32 Å². The van der Waals surface area contributed by atoms with Crippen LogP contribution in [0.2, 0.25) is 0 Å². The predicted molar refractivity (Wildman–Crippen MR) is 77.2 cm³/mol. The average Bonchev–Trinajstić information content (AvgIpc) is 2.75. The van der Waals surface area contributed by atoms with Gasteiger partial charge in [-0.2, -0.15) is 0 Å². The van der Waals surface area contributed by atoms with E-state index >= 15 is 0 Å². The maximum atomic E-state index is 4.64. The van der Waals surface area contributed by atoms with Gasteiger partial charge in [0.05, 0.1) is 5.69 Å². The summed E-state index contributed by atoms with van der Waals surface area (Å²) in [6.07, 6.45) is 0. The maximum absolute atomic E-state index is 4.64. The first-order valence-electron chi connectivity index (χ1n) is 5.59. The maximum Gasteiger partial charge on any atom is 0.124 e. The van der Waals surface area contributed by atoms with Gasteiger partial charge in [0.25, 0.3) is 0 Å². The molecule has 0 unspecified atom stereocenters. The Morgan fingerprint density at radius 3 is 2.82 bits per heavy atom. The molecule has 4 heteroatoms. The van der Waals surface area contributed by atoms with Gasteiger partial charge in [0.1, 0.15) is 5.01 Å². The van der Waals surface area contributed by atoms with Gasteiger partial charge >= 0.3 is 0 Å². The van der Waals surface area contributed by atoms with Crippen LogP contribution in [0, 0.1) is 0 Å². The molecule has 0 atom stereocenters. The molecule has 0 saturated heterocycles. The number of nitrogens with zero attached hydrogens (tertiary/aromatic N) is 1. The molecule has 90 valence electrons. The molecule has 0 aliphatic rings. The van der Waals surface area contributed by atoms with E-state index in [1.807, 2.05) is 18.2 Å². The largest absolute Gasteiger partial charge is 0.309 e. The van der Waals surface area contributed by atoms with E-state index in [0.29, 0.717) is 6.04 Å². The third-order valence-electron chi connectivity index (χ3n) is 2.35. The van der Waals surface area contributed by atoms with Gasteiger partial charge in [-0.25, -0.2) is 4.98 Å². The lowest BCUT2D eigenvalue weighted by Crippen LogP contribution is -2.21. The van der Waals surface area contributed by atoms with Crippen LogP contribution in [-0.4, -0.2) is 11.0 Å². The fraction of sp³-hybridized carbons (Fsp3) is 0.308. The summed E-state index contributed by atoms with van der Waals surface area (Å²) in [4.78, 5) is 4.64. The summed E-state index contributed by atoms with van der Waals surface area (Å²) in [6.45, 7) is 5.11. The fourth-order valence-corrected chi connectivity index (χ4v) is 2.92. The van der Waals surface area contributed by atoms with E-state index in [1.165, 1.54) is 0 Å². The standard InChI is InChI=1S/C13H15BrN2S/c1-9(2)15-7-10-8-17-13(16-10)11-5-3-4-6-12(11)14/h3-6,8-9,15H,7H2,1-2H3. The Morgan fingerprint density at radius 1 is 1.35 bits per heavy atom. The van der Waals surface area contributed by atoms with Crippen LogP contribution >= 0.6 is 27.3 Å². The molecule has 0 aliphatic heterocycles. The summed E-state index contributed by atoms with van der Waals surface area (Å²) < 4.78 is 1.10. The second-order valence-electron chi connectivity index (χ2n) is 4.16. The second-order valence-corrected chi connectivity index (χ2v) is 5.87. The van der Waals surface area contributed by atoms with Gasteiger partial charge in [0.2, 0.25) is 0 Å². The molecule has 17 heavy (non-hydrogen) atoms. The molecule has 2 aromatic rings. The van der Waals surface area contributed by atoms with Gasteiger partial charge in [0.15, 0.2) is 0 Å². The van der Waals surface area contributed by atoms with E-state index in [2.05, 4.69) is 51.5 Å². The number of hydrogen-bond donors (Lipinski definition) is 1. The molecule has 0 amide bonds. The van der Waals surface area contributed by atoms with Crippen LogP contribution in [0.1, 0.15) is 19.5 Å². The highest BCUT2D eigenvalue weighted by molar-refractivity contribution is 9.10. The summed E-state index contributed by atoms with van der Waals surface area (Å²) in [5, 5.41) is 6.56. The number of benzene rings is 1. The minimum absolute atomic E-state index is 0.489. The van der Waals surface area contributed by atoms with Crippen molar-refractivity contribution in [1.82, 2.24) is 10.3 Å². The molecule has 1 aromatic carbocycles. The van der Waals surface area contributed by atoms with Crippen LogP contribution < -0.4 is 5.32 Å². The summed E-state index contributed by atoms with van der Waals surface area (Å²) in [5.41, 5.74) is 2.27. The Kier molecular flexibility index (Phi) is 4.31. The van der Waals surface area contributed by atoms with Crippen molar-refractivity contribution in [2.45, 2.75) is 26.4 Å². The number of rotatable bonds is 4. The monoisotopic (exact) mass is 310 g/mol. The number of nitrogens with one attached hydrogen (secondary N) is 1. The Bertz CT molecular complexity index is 494. The molecular weight excluding hydrogens is 296 g/mol. The first-order valence-corrected chi connectivity index (χ1v) is 7.27. The molecule has 0 aliphatic carbocycles. The lowest BCUT2D eigenvalue weighted by atomic mass is 10.2. The van der Waals surface area contributed by atoms with E-state index < -0.39 is 0 Å². The predicted octanol–water partition coefficient (Wildman–Crippen LogP) is 4.07. The Balaban J connectivity index is 2.16. The third kappa shape index (κ3) is 3.37. The number of aromatic nitrogens is 1. The molecule has 0 fully saturated rings. The molecule has 1 heterocycles. The Hall–Kier alpha value is -0.710. The molecule has 2 nitrogen and oxygen atoms in total. The zero-order valence-corrected chi connectivity index (χ0v) is 12.3. The second kappa shape index (κ2) is 5.76. The van der Waals surface area contributed by atoms with E-state index in [9.17, 15) is 0 Å². The van der Waals surface area contributed by atoms with Crippen molar-refractivity contribution in [3.8, 4) is 10.6 Å². The van der Waals surface area contributed by atoms with Crippen molar-refractivity contribution in [3.63, 3.8) is 0 Å². The minimum atomic E-state index is 0.489. The van der Waals surface area contributed by atoms with Crippen molar-refractivity contribution in [3.05, 3.63) is 39.8 Å². The minimum Gasteiger partial charge on any atom is -0.309 e. The first-order chi connectivity index (χ1) is 8.16. The average molecular weight is 311 g/mol. The van der Waals surface area contributed by atoms with E-state index in [1.54, 1.807) is 11.3 Å². The quantitative estimate of drug-likeness (QED) is 0.920. The Labute approximate surface area is 114 Å². The topological polar surface area (TPSA) is 24.9 Å². The third-order valence-corrected chi connectivity index (χ3v) is 3.96. The highest BCUT2D eigenvalue weighted by Gasteiger charge is 2.07. The van der Waals surface area contributed by atoms with Crippen molar-refractivity contribution in [1.29, 1.82) is 0 Å².